The summed E-state index contributed by atoms with van der Waals surface area (Å²) in [5.41, 5.74) is 3.84. The number of benzene rings is 2. The number of amides is 1. The van der Waals surface area contributed by atoms with Crippen LogP contribution in [0.1, 0.15) is 50.3 Å². The maximum atomic E-state index is 13.2. The summed E-state index contributed by atoms with van der Waals surface area (Å²) in [4.78, 5) is 32.6. The molecular formula is C29H31N3O4S. The van der Waals surface area contributed by atoms with E-state index >= 15 is 0 Å². The second-order valence-corrected chi connectivity index (χ2v) is 10.2. The molecule has 0 unspecified atom stereocenters. The first-order chi connectivity index (χ1) is 18.0. The summed E-state index contributed by atoms with van der Waals surface area (Å²) >= 11 is 1.47. The van der Waals surface area contributed by atoms with Gasteiger partial charge in [-0.25, -0.2) is 9.79 Å². The van der Waals surface area contributed by atoms with Crippen molar-refractivity contribution in [3.63, 3.8) is 0 Å². The van der Waals surface area contributed by atoms with Gasteiger partial charge in [-0.3, -0.25) is 4.79 Å². The van der Waals surface area contributed by atoms with Crippen molar-refractivity contribution in [2.45, 2.75) is 45.8 Å². The number of fused-ring (bicyclic) bond motifs is 1. The molecule has 1 saturated carbocycles. The van der Waals surface area contributed by atoms with Crippen molar-refractivity contribution in [1.29, 1.82) is 0 Å². The van der Waals surface area contributed by atoms with Gasteiger partial charge < -0.3 is 19.7 Å². The van der Waals surface area contributed by atoms with Crippen LogP contribution in [0.5, 0.6) is 5.75 Å². The summed E-state index contributed by atoms with van der Waals surface area (Å²) in [6.07, 6.45) is 2.58. The zero-order valence-electron chi connectivity index (χ0n) is 21.1. The number of amidine groups is 1. The van der Waals surface area contributed by atoms with Crippen LogP contribution in [0.3, 0.4) is 0 Å². The highest BCUT2D eigenvalue weighted by Gasteiger charge is 2.41. The van der Waals surface area contributed by atoms with Gasteiger partial charge in [0, 0.05) is 12.2 Å². The number of carbonyl (C=O) groups excluding carboxylic acids is 2. The van der Waals surface area contributed by atoms with Crippen molar-refractivity contribution in [2.24, 2.45) is 10.9 Å². The first-order valence-electron chi connectivity index (χ1n) is 12.7. The van der Waals surface area contributed by atoms with E-state index in [1.165, 1.54) is 24.6 Å². The topological polar surface area (TPSA) is 80.2 Å². The first kappa shape index (κ1) is 25.1. The van der Waals surface area contributed by atoms with Gasteiger partial charge in [-0.2, -0.15) is 0 Å². The molecule has 37 heavy (non-hydrogen) atoms. The maximum absolute atomic E-state index is 13.2. The highest BCUT2D eigenvalue weighted by molar-refractivity contribution is 8.16. The van der Waals surface area contributed by atoms with Crippen molar-refractivity contribution >= 4 is 28.8 Å². The summed E-state index contributed by atoms with van der Waals surface area (Å²) in [5.74, 6) is 0.877. The third kappa shape index (κ3) is 5.91. The Morgan fingerprint density at radius 3 is 2.70 bits per heavy atom. The Morgan fingerprint density at radius 2 is 1.95 bits per heavy atom. The molecule has 3 aliphatic rings. The normalized spacial score (nSPS) is 18.6. The smallest absolute Gasteiger partial charge is 0.338 e. The molecule has 0 saturated heterocycles. The summed E-state index contributed by atoms with van der Waals surface area (Å²) in [6.45, 7) is 5.05. The van der Waals surface area contributed by atoms with Gasteiger partial charge in [0.2, 0.25) is 5.91 Å². The Labute approximate surface area is 221 Å². The molecule has 1 amide bonds. The van der Waals surface area contributed by atoms with Crippen molar-refractivity contribution in [3.8, 4) is 5.75 Å². The molecule has 2 aromatic carbocycles. The van der Waals surface area contributed by atoms with Crippen LogP contribution in [0.15, 0.2) is 82.0 Å². The fourth-order valence-corrected chi connectivity index (χ4v) is 5.44. The van der Waals surface area contributed by atoms with E-state index in [0.29, 0.717) is 29.5 Å². The number of carbonyl (C=O) groups is 2. The third-order valence-electron chi connectivity index (χ3n) is 6.54. The summed E-state index contributed by atoms with van der Waals surface area (Å²) in [5, 5.41) is 5.75. The van der Waals surface area contributed by atoms with Gasteiger partial charge in [0.15, 0.2) is 5.17 Å². The molecule has 7 nitrogen and oxygen atoms in total. The largest absolute Gasteiger partial charge is 0.489 e. The SMILES string of the molecule is CCOC(=O)C1=C(C)N=C2SC=C(CC(=O)NCC3CC3)N2[C@H]1c1cccc(OCc2ccccc2)c1. The minimum absolute atomic E-state index is 0.0253. The van der Waals surface area contributed by atoms with Crippen LogP contribution >= 0.6 is 11.8 Å². The summed E-state index contributed by atoms with van der Waals surface area (Å²) in [7, 11) is 0. The standard InChI is InChI=1S/C29H31N3O4S/c1-3-35-28(34)26-19(2)31-29-32(23(18-37-29)15-25(33)30-16-20-12-13-20)27(26)22-10-7-11-24(14-22)36-17-21-8-5-4-6-9-21/h4-11,14,18,20,27H,3,12-13,15-17H2,1-2H3,(H,30,33)/t27-/m0/s1. The molecule has 1 atom stereocenters. The van der Waals surface area contributed by atoms with Crippen LogP contribution in [-0.2, 0) is 20.9 Å². The van der Waals surface area contributed by atoms with E-state index in [2.05, 4.69) is 5.32 Å². The fourth-order valence-electron chi connectivity index (χ4n) is 4.48. The van der Waals surface area contributed by atoms with Gasteiger partial charge in [-0.05, 0) is 61.3 Å². The molecule has 0 aromatic heterocycles. The quantitative estimate of drug-likeness (QED) is 0.430. The lowest BCUT2D eigenvalue weighted by Crippen LogP contribution is -2.38. The lowest BCUT2D eigenvalue weighted by Gasteiger charge is -2.36. The molecule has 1 N–H and O–H groups in total. The Morgan fingerprint density at radius 1 is 1.14 bits per heavy atom. The zero-order chi connectivity index (χ0) is 25.8. The third-order valence-corrected chi connectivity index (χ3v) is 7.43. The number of nitrogens with one attached hydrogen (secondary N) is 1. The predicted octanol–water partition coefficient (Wildman–Crippen LogP) is 5.32. The van der Waals surface area contributed by atoms with Gasteiger partial charge in [-0.15, -0.1) is 0 Å². The molecule has 2 aromatic rings. The Kier molecular flexibility index (Phi) is 7.65. The molecular weight excluding hydrogens is 486 g/mol. The van der Waals surface area contributed by atoms with Gasteiger partial charge in [0.05, 0.1) is 30.3 Å². The summed E-state index contributed by atoms with van der Waals surface area (Å²) < 4.78 is 11.5. The maximum Gasteiger partial charge on any atom is 0.338 e. The Hall–Kier alpha value is -3.52. The molecule has 2 aliphatic heterocycles. The number of hydrogen-bond acceptors (Lipinski definition) is 7. The van der Waals surface area contributed by atoms with E-state index in [1.807, 2.05) is 71.8 Å². The number of aliphatic imine (C=N–C) groups is 1. The lowest BCUT2D eigenvalue weighted by atomic mass is 9.93. The van der Waals surface area contributed by atoms with E-state index < -0.39 is 12.0 Å². The molecule has 2 heterocycles. The van der Waals surface area contributed by atoms with Crippen LogP contribution in [0, 0.1) is 5.92 Å². The predicted molar refractivity (Wildman–Crippen MR) is 145 cm³/mol. The van der Waals surface area contributed by atoms with Gasteiger partial charge in [0.25, 0.3) is 0 Å². The van der Waals surface area contributed by atoms with E-state index in [1.54, 1.807) is 6.92 Å². The van der Waals surface area contributed by atoms with Crippen molar-refractivity contribution in [3.05, 3.63) is 88.1 Å². The Bertz CT molecular complexity index is 1270. The van der Waals surface area contributed by atoms with E-state index in [9.17, 15) is 9.59 Å². The van der Waals surface area contributed by atoms with Gasteiger partial charge >= 0.3 is 5.97 Å². The monoisotopic (exact) mass is 517 g/mol. The Balaban J connectivity index is 1.43. The number of esters is 1. The van der Waals surface area contributed by atoms with Crippen LogP contribution in [-0.4, -0.2) is 35.1 Å². The van der Waals surface area contributed by atoms with Crippen LogP contribution < -0.4 is 10.1 Å². The first-order valence-corrected chi connectivity index (χ1v) is 13.6. The zero-order valence-corrected chi connectivity index (χ0v) is 21.9. The molecule has 1 fully saturated rings. The van der Waals surface area contributed by atoms with Crippen molar-refractivity contribution in [1.82, 2.24) is 10.2 Å². The highest BCUT2D eigenvalue weighted by Crippen LogP contribution is 2.45. The summed E-state index contributed by atoms with van der Waals surface area (Å²) in [6, 6.07) is 17.3. The van der Waals surface area contributed by atoms with Crippen LogP contribution in [0.2, 0.25) is 0 Å². The second kappa shape index (κ2) is 11.3. The minimum Gasteiger partial charge on any atom is -0.489 e. The molecule has 1 aliphatic carbocycles. The molecule has 0 bridgehead atoms. The van der Waals surface area contributed by atoms with Gasteiger partial charge in [-0.1, -0.05) is 54.2 Å². The van der Waals surface area contributed by atoms with E-state index in [4.69, 9.17) is 14.5 Å². The van der Waals surface area contributed by atoms with Crippen molar-refractivity contribution < 1.29 is 19.1 Å². The lowest BCUT2D eigenvalue weighted by molar-refractivity contribution is -0.139. The average molecular weight is 518 g/mol. The van der Waals surface area contributed by atoms with E-state index in [-0.39, 0.29) is 18.9 Å². The number of ether oxygens (including phenoxy) is 2. The van der Waals surface area contributed by atoms with Crippen LogP contribution in [0.4, 0.5) is 0 Å². The highest BCUT2D eigenvalue weighted by atomic mass is 32.2. The van der Waals surface area contributed by atoms with Crippen LogP contribution in [0.25, 0.3) is 0 Å². The number of allylic oxidation sites excluding steroid dienone is 1. The molecule has 192 valence electrons. The minimum atomic E-state index is -0.482. The number of thioether (sulfide) groups is 1. The van der Waals surface area contributed by atoms with Crippen molar-refractivity contribution in [2.75, 3.05) is 13.2 Å². The van der Waals surface area contributed by atoms with Gasteiger partial charge in [0.1, 0.15) is 12.4 Å². The molecule has 0 radical (unpaired) electrons. The number of rotatable bonds is 10. The molecule has 8 heteroatoms. The number of hydrogen-bond donors (Lipinski definition) is 1. The number of nitrogens with zero attached hydrogens (tertiary/aromatic N) is 2. The molecule has 0 spiro atoms. The fraction of sp³-hybridized carbons (Fsp3) is 0.345. The average Bonchev–Trinajstić information content (AvgIpc) is 3.66. The van der Waals surface area contributed by atoms with E-state index in [0.717, 1.165) is 28.5 Å². The molecule has 5 rings (SSSR count). The second-order valence-electron chi connectivity index (χ2n) is 9.38.